The third kappa shape index (κ3) is 3.00. The summed E-state index contributed by atoms with van der Waals surface area (Å²) >= 11 is 0. The van der Waals surface area contributed by atoms with Gasteiger partial charge in [-0.15, -0.1) is 0 Å². The molecule has 1 unspecified atom stereocenters. The van der Waals surface area contributed by atoms with Crippen molar-refractivity contribution in [2.45, 2.75) is 19.3 Å². The Bertz CT molecular complexity index is 417. The van der Waals surface area contributed by atoms with Crippen LogP contribution in [0.1, 0.15) is 18.4 Å². The molecule has 92 valence electrons. The molecule has 5 heteroatoms. The summed E-state index contributed by atoms with van der Waals surface area (Å²) in [7, 11) is 0. The van der Waals surface area contributed by atoms with Crippen LogP contribution in [0.3, 0.4) is 0 Å². The fraction of sp³-hybridized carbons (Fsp3) is 0.500. The summed E-state index contributed by atoms with van der Waals surface area (Å²) in [5.74, 6) is -0.0429. The lowest BCUT2D eigenvalue weighted by atomic mass is 9.91. The molecular weight excluding hydrogens is 223 g/mol. The van der Waals surface area contributed by atoms with Crippen molar-refractivity contribution in [2.24, 2.45) is 5.92 Å². The molecule has 1 heterocycles. The molecule has 0 radical (unpaired) electrons. The van der Waals surface area contributed by atoms with Gasteiger partial charge in [0.05, 0.1) is 4.92 Å². The van der Waals surface area contributed by atoms with Gasteiger partial charge >= 0.3 is 0 Å². The Morgan fingerprint density at radius 1 is 1.53 bits per heavy atom. The van der Waals surface area contributed by atoms with Crippen molar-refractivity contribution >= 4 is 5.69 Å². The molecule has 2 rings (SSSR count). The van der Waals surface area contributed by atoms with Crippen LogP contribution in [0.25, 0.3) is 0 Å². The van der Waals surface area contributed by atoms with Crippen molar-refractivity contribution in [3.05, 3.63) is 39.7 Å². The monoisotopic (exact) mass is 238 g/mol. The van der Waals surface area contributed by atoms with Crippen LogP contribution in [0.2, 0.25) is 0 Å². The zero-order valence-corrected chi connectivity index (χ0v) is 9.49. The van der Waals surface area contributed by atoms with E-state index in [0.717, 1.165) is 32.0 Å². The van der Waals surface area contributed by atoms with Crippen LogP contribution in [0.4, 0.5) is 10.1 Å². The summed E-state index contributed by atoms with van der Waals surface area (Å²) < 4.78 is 13.1. The zero-order chi connectivity index (χ0) is 12.3. The third-order valence-corrected chi connectivity index (χ3v) is 3.15. The lowest BCUT2D eigenvalue weighted by molar-refractivity contribution is -0.385. The molecule has 1 saturated heterocycles. The summed E-state index contributed by atoms with van der Waals surface area (Å²) in [5.41, 5.74) is 0.528. The van der Waals surface area contributed by atoms with Gasteiger partial charge in [-0.2, -0.15) is 0 Å². The summed E-state index contributed by atoms with van der Waals surface area (Å²) in [4.78, 5) is 10.4. The first-order chi connectivity index (χ1) is 8.16. The SMILES string of the molecule is O=[N+]([O-])c1ccc(F)cc1CC1CCCNC1. The van der Waals surface area contributed by atoms with Crippen LogP contribution in [0.15, 0.2) is 18.2 Å². The van der Waals surface area contributed by atoms with Crippen LogP contribution in [-0.2, 0) is 6.42 Å². The van der Waals surface area contributed by atoms with Crippen LogP contribution >= 0.6 is 0 Å². The Labute approximate surface area is 99.0 Å². The molecule has 1 N–H and O–H groups in total. The van der Waals surface area contributed by atoms with Gasteiger partial charge in [0, 0.05) is 11.6 Å². The molecule has 4 nitrogen and oxygen atoms in total. The number of nitrogens with zero attached hydrogens (tertiary/aromatic N) is 1. The van der Waals surface area contributed by atoms with Gasteiger partial charge in [0.25, 0.3) is 5.69 Å². The van der Waals surface area contributed by atoms with Crippen LogP contribution < -0.4 is 5.32 Å². The first kappa shape index (κ1) is 12.0. The summed E-state index contributed by atoms with van der Waals surface area (Å²) in [6, 6.07) is 3.68. The summed E-state index contributed by atoms with van der Waals surface area (Å²) in [6.45, 7) is 1.86. The van der Waals surface area contributed by atoms with E-state index in [1.54, 1.807) is 0 Å². The largest absolute Gasteiger partial charge is 0.316 e. The maximum absolute atomic E-state index is 13.1. The van der Waals surface area contributed by atoms with Gasteiger partial charge in [-0.1, -0.05) is 0 Å². The van der Waals surface area contributed by atoms with Crippen LogP contribution in [0.5, 0.6) is 0 Å². The van der Waals surface area contributed by atoms with Gasteiger partial charge in [-0.25, -0.2) is 4.39 Å². The molecule has 1 aromatic rings. The standard InChI is InChI=1S/C12H15FN2O2/c13-11-3-4-12(15(16)17)10(7-11)6-9-2-1-5-14-8-9/h3-4,7,9,14H,1-2,5-6,8H2. The van der Waals surface area contributed by atoms with Crippen molar-refractivity contribution in [1.29, 1.82) is 0 Å². The molecular formula is C12H15FN2O2. The number of benzene rings is 1. The lowest BCUT2D eigenvalue weighted by Gasteiger charge is -2.22. The van der Waals surface area contributed by atoms with E-state index in [-0.39, 0.29) is 5.69 Å². The molecule has 0 saturated carbocycles. The number of nitro benzene ring substituents is 1. The molecule has 0 amide bonds. The minimum absolute atomic E-state index is 0.0250. The lowest BCUT2D eigenvalue weighted by Crippen LogP contribution is -2.31. The quantitative estimate of drug-likeness (QED) is 0.649. The zero-order valence-electron chi connectivity index (χ0n) is 9.49. The topological polar surface area (TPSA) is 55.2 Å². The predicted octanol–water partition coefficient (Wildman–Crippen LogP) is 2.28. The highest BCUT2D eigenvalue weighted by atomic mass is 19.1. The molecule has 0 bridgehead atoms. The Morgan fingerprint density at radius 3 is 3.00 bits per heavy atom. The van der Waals surface area contributed by atoms with Crippen molar-refractivity contribution < 1.29 is 9.31 Å². The van der Waals surface area contributed by atoms with E-state index in [1.165, 1.54) is 12.1 Å². The number of nitrogens with one attached hydrogen (secondary N) is 1. The maximum Gasteiger partial charge on any atom is 0.272 e. The highest BCUT2D eigenvalue weighted by molar-refractivity contribution is 5.40. The summed E-state index contributed by atoms with van der Waals surface area (Å²) in [6.07, 6.45) is 2.69. The molecule has 1 fully saturated rings. The summed E-state index contributed by atoms with van der Waals surface area (Å²) in [5, 5.41) is 14.1. The average Bonchev–Trinajstić information content (AvgIpc) is 2.30. The minimum Gasteiger partial charge on any atom is -0.316 e. The minimum atomic E-state index is -0.439. The molecule has 0 aromatic heterocycles. The average molecular weight is 238 g/mol. The van der Waals surface area contributed by atoms with E-state index >= 15 is 0 Å². The number of halogens is 1. The predicted molar refractivity (Wildman–Crippen MR) is 62.4 cm³/mol. The van der Waals surface area contributed by atoms with Gasteiger partial charge in [0.2, 0.25) is 0 Å². The van der Waals surface area contributed by atoms with Crippen molar-refractivity contribution in [2.75, 3.05) is 13.1 Å². The highest BCUT2D eigenvalue weighted by Crippen LogP contribution is 2.25. The van der Waals surface area contributed by atoms with E-state index < -0.39 is 10.7 Å². The van der Waals surface area contributed by atoms with Gasteiger partial charge in [0.1, 0.15) is 5.82 Å². The molecule has 0 spiro atoms. The van der Waals surface area contributed by atoms with Crippen LogP contribution in [0, 0.1) is 21.8 Å². The Hall–Kier alpha value is -1.49. The smallest absolute Gasteiger partial charge is 0.272 e. The fourth-order valence-electron chi connectivity index (χ4n) is 2.30. The molecule has 1 aliphatic rings. The van der Waals surface area contributed by atoms with E-state index in [2.05, 4.69) is 5.32 Å². The van der Waals surface area contributed by atoms with E-state index in [1.807, 2.05) is 0 Å². The van der Waals surface area contributed by atoms with E-state index in [4.69, 9.17) is 0 Å². The van der Waals surface area contributed by atoms with E-state index in [9.17, 15) is 14.5 Å². The van der Waals surface area contributed by atoms with Crippen molar-refractivity contribution in [1.82, 2.24) is 5.32 Å². The van der Waals surface area contributed by atoms with Crippen molar-refractivity contribution in [3.8, 4) is 0 Å². The number of rotatable bonds is 3. The molecule has 1 atom stereocenters. The normalized spacial score (nSPS) is 20.2. The van der Waals surface area contributed by atoms with Crippen molar-refractivity contribution in [3.63, 3.8) is 0 Å². The van der Waals surface area contributed by atoms with Gasteiger partial charge < -0.3 is 5.32 Å². The number of hydrogen-bond acceptors (Lipinski definition) is 3. The van der Waals surface area contributed by atoms with Gasteiger partial charge in [0.15, 0.2) is 0 Å². The first-order valence-corrected chi connectivity index (χ1v) is 5.80. The second kappa shape index (κ2) is 5.23. The maximum atomic E-state index is 13.1. The van der Waals surface area contributed by atoms with Gasteiger partial charge in [-0.3, -0.25) is 10.1 Å². The third-order valence-electron chi connectivity index (χ3n) is 3.15. The van der Waals surface area contributed by atoms with Gasteiger partial charge in [-0.05, 0) is 50.4 Å². The van der Waals surface area contributed by atoms with E-state index in [0.29, 0.717) is 17.9 Å². The Kier molecular flexibility index (Phi) is 3.68. The fourth-order valence-corrected chi connectivity index (χ4v) is 2.30. The van der Waals surface area contributed by atoms with Crippen LogP contribution in [-0.4, -0.2) is 18.0 Å². The molecule has 1 aliphatic heterocycles. The molecule has 17 heavy (non-hydrogen) atoms. The number of hydrogen-bond donors (Lipinski definition) is 1. The first-order valence-electron chi connectivity index (χ1n) is 5.80. The second-order valence-corrected chi connectivity index (χ2v) is 4.45. The Balaban J connectivity index is 2.17. The Morgan fingerprint density at radius 2 is 2.35 bits per heavy atom. The highest BCUT2D eigenvalue weighted by Gasteiger charge is 2.20. The number of piperidine rings is 1. The second-order valence-electron chi connectivity index (χ2n) is 4.45. The number of nitro groups is 1. The molecule has 0 aliphatic carbocycles. The molecule has 1 aromatic carbocycles.